The van der Waals surface area contributed by atoms with E-state index in [0.717, 1.165) is 17.4 Å². The molecule has 19 heavy (non-hydrogen) atoms. The first-order valence-electron chi connectivity index (χ1n) is 6.50. The molecule has 0 radical (unpaired) electrons. The van der Waals surface area contributed by atoms with E-state index in [1.807, 2.05) is 30.3 Å². The summed E-state index contributed by atoms with van der Waals surface area (Å²) in [6.07, 6.45) is 0. The van der Waals surface area contributed by atoms with Crippen LogP contribution in [-0.2, 0) is 6.54 Å². The summed E-state index contributed by atoms with van der Waals surface area (Å²) in [6, 6.07) is 14.1. The summed E-state index contributed by atoms with van der Waals surface area (Å²) in [5.74, 6) is -0.0183. The minimum Gasteiger partial charge on any atom is -0.341 e. The molecule has 0 fully saturated rings. The third-order valence-corrected chi connectivity index (χ3v) is 3.60. The molecule has 0 amide bonds. The van der Waals surface area contributed by atoms with E-state index in [-0.39, 0.29) is 12.3 Å². The molecule has 0 bridgehead atoms. The van der Waals surface area contributed by atoms with Crippen LogP contribution < -0.4 is 5.73 Å². The van der Waals surface area contributed by atoms with E-state index in [9.17, 15) is 4.79 Å². The van der Waals surface area contributed by atoms with Gasteiger partial charge in [-0.3, -0.25) is 4.79 Å². The summed E-state index contributed by atoms with van der Waals surface area (Å²) in [5.41, 5.74) is 8.50. The van der Waals surface area contributed by atoms with Crippen molar-refractivity contribution in [3.05, 3.63) is 48.0 Å². The Labute approximate surface area is 111 Å². The van der Waals surface area contributed by atoms with Crippen molar-refractivity contribution in [3.8, 4) is 0 Å². The number of ketones is 1. The van der Waals surface area contributed by atoms with Crippen LogP contribution in [0.5, 0.6) is 0 Å². The number of hydrogen-bond acceptors (Lipinski definition) is 2. The number of nitrogens with zero attached hydrogens (tertiary/aromatic N) is 1. The van der Waals surface area contributed by atoms with Crippen LogP contribution in [0.25, 0.3) is 21.8 Å². The number of nitrogens with two attached hydrogens (primary N) is 1. The molecule has 3 aromatic rings. The summed E-state index contributed by atoms with van der Waals surface area (Å²) < 4.78 is 2.27. The molecule has 96 valence electrons. The third kappa shape index (κ3) is 1.74. The van der Waals surface area contributed by atoms with Crippen molar-refractivity contribution in [3.63, 3.8) is 0 Å². The van der Waals surface area contributed by atoms with E-state index < -0.39 is 0 Å². The minimum atomic E-state index is -0.0183. The highest BCUT2D eigenvalue weighted by Crippen LogP contribution is 2.29. The van der Waals surface area contributed by atoms with Gasteiger partial charge in [0.2, 0.25) is 0 Å². The van der Waals surface area contributed by atoms with Crippen LogP contribution in [0.15, 0.2) is 42.5 Å². The molecule has 3 nitrogen and oxygen atoms in total. The Hall–Kier alpha value is -2.13. The van der Waals surface area contributed by atoms with E-state index in [1.54, 1.807) is 0 Å². The molecule has 3 heteroatoms. The van der Waals surface area contributed by atoms with Crippen molar-refractivity contribution >= 4 is 27.6 Å². The molecule has 2 aromatic carbocycles. The topological polar surface area (TPSA) is 48.0 Å². The van der Waals surface area contributed by atoms with Crippen LogP contribution in [0.1, 0.15) is 17.3 Å². The Bertz CT molecular complexity index is 771. The lowest BCUT2D eigenvalue weighted by atomic mass is 10.1. The predicted molar refractivity (Wildman–Crippen MR) is 78.5 cm³/mol. The molecular formula is C16H16N2O. The maximum absolute atomic E-state index is 11.7. The Balaban J connectivity index is 2.39. The van der Waals surface area contributed by atoms with Gasteiger partial charge in [0, 0.05) is 33.9 Å². The quantitative estimate of drug-likeness (QED) is 0.728. The predicted octanol–water partition coefficient (Wildman–Crippen LogP) is 2.96. The molecule has 0 aliphatic rings. The SMILES string of the molecule is CCn1c2ccccc2c2cc(C(=O)CN)ccc21. The van der Waals surface area contributed by atoms with Crippen molar-refractivity contribution in [2.75, 3.05) is 6.54 Å². The first kappa shape index (κ1) is 11.9. The number of carbonyl (C=O) groups is 1. The van der Waals surface area contributed by atoms with Gasteiger partial charge >= 0.3 is 0 Å². The fourth-order valence-electron chi connectivity index (χ4n) is 2.69. The van der Waals surface area contributed by atoms with E-state index >= 15 is 0 Å². The van der Waals surface area contributed by atoms with E-state index in [1.165, 1.54) is 10.9 Å². The first-order valence-corrected chi connectivity index (χ1v) is 6.50. The normalized spacial score (nSPS) is 11.3. The molecule has 0 unspecified atom stereocenters. The zero-order chi connectivity index (χ0) is 13.4. The number of benzene rings is 2. The number of carbonyl (C=O) groups excluding carboxylic acids is 1. The van der Waals surface area contributed by atoms with Crippen molar-refractivity contribution in [1.82, 2.24) is 4.57 Å². The molecule has 2 N–H and O–H groups in total. The van der Waals surface area contributed by atoms with Gasteiger partial charge in [-0.2, -0.15) is 0 Å². The minimum absolute atomic E-state index is 0.0183. The standard InChI is InChI=1S/C16H16N2O/c1-2-18-14-6-4-3-5-12(14)13-9-11(16(19)10-17)7-8-15(13)18/h3-9H,2,10,17H2,1H3. The number of rotatable bonds is 3. The fraction of sp³-hybridized carbons (Fsp3) is 0.188. The van der Waals surface area contributed by atoms with Crippen LogP contribution in [0, 0.1) is 0 Å². The monoisotopic (exact) mass is 252 g/mol. The number of fused-ring (bicyclic) bond motifs is 3. The summed E-state index contributed by atoms with van der Waals surface area (Å²) in [5, 5.41) is 2.31. The lowest BCUT2D eigenvalue weighted by molar-refractivity contribution is 0.100. The van der Waals surface area contributed by atoms with Gasteiger partial charge in [0.1, 0.15) is 0 Å². The Kier molecular flexibility index (Phi) is 2.84. The van der Waals surface area contributed by atoms with Gasteiger partial charge in [-0.15, -0.1) is 0 Å². The average Bonchev–Trinajstić information content (AvgIpc) is 2.79. The van der Waals surface area contributed by atoms with Crippen LogP contribution in [0.2, 0.25) is 0 Å². The van der Waals surface area contributed by atoms with Gasteiger partial charge in [0.15, 0.2) is 5.78 Å². The molecule has 0 aliphatic carbocycles. The van der Waals surface area contributed by atoms with E-state index in [2.05, 4.69) is 23.6 Å². The molecule has 0 atom stereocenters. The van der Waals surface area contributed by atoms with Crippen molar-refractivity contribution in [1.29, 1.82) is 0 Å². The fourth-order valence-corrected chi connectivity index (χ4v) is 2.69. The lowest BCUT2D eigenvalue weighted by Gasteiger charge is -2.03. The van der Waals surface area contributed by atoms with Gasteiger partial charge in [-0.1, -0.05) is 18.2 Å². The lowest BCUT2D eigenvalue weighted by Crippen LogP contribution is -2.13. The van der Waals surface area contributed by atoms with Gasteiger partial charge in [-0.05, 0) is 31.2 Å². The second-order valence-electron chi connectivity index (χ2n) is 4.62. The number of para-hydroxylation sites is 1. The van der Waals surface area contributed by atoms with Gasteiger partial charge in [-0.25, -0.2) is 0 Å². The molecule has 0 aliphatic heterocycles. The summed E-state index contributed by atoms with van der Waals surface area (Å²) in [6.45, 7) is 3.09. The molecule has 0 saturated carbocycles. The van der Waals surface area contributed by atoms with Crippen molar-refractivity contribution in [2.45, 2.75) is 13.5 Å². The van der Waals surface area contributed by atoms with Gasteiger partial charge in [0.25, 0.3) is 0 Å². The summed E-state index contributed by atoms with van der Waals surface area (Å²) in [7, 11) is 0. The number of hydrogen-bond donors (Lipinski definition) is 1. The van der Waals surface area contributed by atoms with Crippen LogP contribution >= 0.6 is 0 Å². The van der Waals surface area contributed by atoms with Crippen LogP contribution in [0.4, 0.5) is 0 Å². The molecule has 1 heterocycles. The van der Waals surface area contributed by atoms with E-state index in [0.29, 0.717) is 5.56 Å². The highest BCUT2D eigenvalue weighted by Gasteiger charge is 2.11. The molecular weight excluding hydrogens is 236 g/mol. The van der Waals surface area contributed by atoms with Gasteiger partial charge in [0.05, 0.1) is 6.54 Å². The molecule has 0 spiro atoms. The smallest absolute Gasteiger partial charge is 0.176 e. The Morgan fingerprint density at radius 2 is 1.84 bits per heavy atom. The average molecular weight is 252 g/mol. The largest absolute Gasteiger partial charge is 0.341 e. The number of aryl methyl sites for hydroxylation is 1. The number of Topliss-reactive ketones (excluding diaryl/α,β-unsaturated/α-hetero) is 1. The maximum atomic E-state index is 11.7. The Morgan fingerprint density at radius 1 is 1.11 bits per heavy atom. The molecule has 1 aromatic heterocycles. The second-order valence-corrected chi connectivity index (χ2v) is 4.62. The number of aromatic nitrogens is 1. The van der Waals surface area contributed by atoms with E-state index in [4.69, 9.17) is 5.73 Å². The maximum Gasteiger partial charge on any atom is 0.176 e. The molecule has 3 rings (SSSR count). The van der Waals surface area contributed by atoms with Gasteiger partial charge < -0.3 is 10.3 Å². The van der Waals surface area contributed by atoms with Crippen LogP contribution in [-0.4, -0.2) is 16.9 Å². The third-order valence-electron chi connectivity index (χ3n) is 3.60. The summed E-state index contributed by atoms with van der Waals surface area (Å²) in [4.78, 5) is 11.7. The Morgan fingerprint density at radius 3 is 2.58 bits per heavy atom. The first-order chi connectivity index (χ1) is 9.26. The zero-order valence-corrected chi connectivity index (χ0v) is 10.9. The highest BCUT2D eigenvalue weighted by atomic mass is 16.1. The van der Waals surface area contributed by atoms with Crippen LogP contribution in [0.3, 0.4) is 0 Å². The summed E-state index contributed by atoms with van der Waals surface area (Å²) >= 11 is 0. The van der Waals surface area contributed by atoms with Crippen molar-refractivity contribution in [2.24, 2.45) is 5.73 Å². The van der Waals surface area contributed by atoms with Crippen molar-refractivity contribution < 1.29 is 4.79 Å². The zero-order valence-electron chi connectivity index (χ0n) is 10.9. The second kappa shape index (κ2) is 4.52. The highest BCUT2D eigenvalue weighted by molar-refractivity contribution is 6.11. The molecule has 0 saturated heterocycles.